The highest BCUT2D eigenvalue weighted by atomic mass is 35.5. The summed E-state index contributed by atoms with van der Waals surface area (Å²) in [7, 11) is 1.51. The van der Waals surface area contributed by atoms with Gasteiger partial charge in [0.1, 0.15) is 12.0 Å². The maximum absolute atomic E-state index is 11.7. The van der Waals surface area contributed by atoms with Crippen LogP contribution in [0.2, 0.25) is 5.02 Å². The van der Waals surface area contributed by atoms with E-state index in [-0.39, 0.29) is 11.6 Å². The van der Waals surface area contributed by atoms with Gasteiger partial charge in [0.05, 0.1) is 12.8 Å². The second-order valence-corrected chi connectivity index (χ2v) is 3.62. The van der Waals surface area contributed by atoms with Crippen molar-refractivity contribution in [3.8, 4) is 5.75 Å². The highest BCUT2D eigenvalue weighted by molar-refractivity contribution is 6.31. The number of halogens is 1. The molecule has 1 amide bonds. The molecule has 0 spiro atoms. The van der Waals surface area contributed by atoms with Crippen LogP contribution in [0, 0.1) is 0 Å². The van der Waals surface area contributed by atoms with Gasteiger partial charge in [-0.2, -0.15) is 0 Å². The summed E-state index contributed by atoms with van der Waals surface area (Å²) in [6.07, 6.45) is 1.32. The first-order chi connectivity index (χ1) is 8.20. The molecule has 0 fully saturated rings. The minimum absolute atomic E-state index is 0.187. The van der Waals surface area contributed by atoms with Gasteiger partial charge in [0.15, 0.2) is 5.69 Å². The van der Waals surface area contributed by atoms with Gasteiger partial charge in [-0.3, -0.25) is 4.79 Å². The van der Waals surface area contributed by atoms with Gasteiger partial charge in [0.25, 0.3) is 5.91 Å². The van der Waals surface area contributed by atoms with E-state index in [4.69, 9.17) is 16.3 Å². The summed E-state index contributed by atoms with van der Waals surface area (Å²) in [5.74, 6) is 0.130. The minimum Gasteiger partial charge on any atom is -0.495 e. The number of aromatic nitrogens is 1. The molecule has 2 rings (SSSR count). The lowest BCUT2D eigenvalue weighted by Gasteiger charge is -2.09. The number of nitrogens with zero attached hydrogens (tertiary/aromatic N) is 1. The Kier molecular flexibility index (Phi) is 3.30. The highest BCUT2D eigenvalue weighted by Gasteiger charge is 2.12. The summed E-state index contributed by atoms with van der Waals surface area (Å²) in [6, 6.07) is 6.40. The summed E-state index contributed by atoms with van der Waals surface area (Å²) in [5.41, 5.74) is 0.667. The monoisotopic (exact) mass is 252 g/mol. The molecule has 0 atom stereocenters. The summed E-state index contributed by atoms with van der Waals surface area (Å²) in [5, 5.41) is 6.66. The number of carbonyl (C=O) groups is 1. The van der Waals surface area contributed by atoms with Crippen molar-refractivity contribution >= 4 is 23.2 Å². The minimum atomic E-state index is -0.390. The van der Waals surface area contributed by atoms with Crippen LogP contribution in [-0.2, 0) is 0 Å². The molecule has 1 aromatic heterocycles. The third kappa shape index (κ3) is 2.57. The van der Waals surface area contributed by atoms with E-state index in [1.165, 1.54) is 19.4 Å². The van der Waals surface area contributed by atoms with Crippen molar-refractivity contribution in [1.82, 2.24) is 5.16 Å². The number of carbonyl (C=O) groups excluding carboxylic acids is 1. The summed E-state index contributed by atoms with van der Waals surface area (Å²) in [4.78, 5) is 11.7. The molecule has 1 N–H and O–H groups in total. The number of ether oxygens (including phenoxy) is 1. The highest BCUT2D eigenvalue weighted by Crippen LogP contribution is 2.27. The Bertz CT molecular complexity index is 526. The third-order valence-corrected chi connectivity index (χ3v) is 2.32. The number of methoxy groups -OCH3 is 1. The van der Waals surface area contributed by atoms with Crippen LogP contribution in [0.1, 0.15) is 10.5 Å². The summed E-state index contributed by atoms with van der Waals surface area (Å²) < 4.78 is 9.69. The molecule has 2 aromatic rings. The Morgan fingerprint density at radius 2 is 2.29 bits per heavy atom. The van der Waals surface area contributed by atoms with Crippen molar-refractivity contribution < 1.29 is 14.1 Å². The molecule has 0 saturated heterocycles. The van der Waals surface area contributed by atoms with Crippen molar-refractivity contribution in [2.24, 2.45) is 0 Å². The molecule has 88 valence electrons. The van der Waals surface area contributed by atoms with E-state index in [9.17, 15) is 4.79 Å². The molecule has 1 heterocycles. The Hall–Kier alpha value is -2.01. The van der Waals surface area contributed by atoms with Crippen LogP contribution in [0.25, 0.3) is 0 Å². The van der Waals surface area contributed by atoms with E-state index < -0.39 is 0 Å². The topological polar surface area (TPSA) is 64.4 Å². The number of nitrogens with one attached hydrogen (secondary N) is 1. The Labute approximate surface area is 102 Å². The van der Waals surface area contributed by atoms with Crippen LogP contribution >= 0.6 is 11.6 Å². The van der Waals surface area contributed by atoms with Crippen molar-refractivity contribution in [3.05, 3.63) is 41.2 Å². The van der Waals surface area contributed by atoms with E-state index in [1.54, 1.807) is 18.2 Å². The molecule has 1 aromatic carbocycles. The Morgan fingerprint density at radius 1 is 1.47 bits per heavy atom. The first-order valence-corrected chi connectivity index (χ1v) is 5.14. The van der Waals surface area contributed by atoms with Crippen molar-refractivity contribution in [2.75, 3.05) is 12.4 Å². The lowest BCUT2D eigenvalue weighted by molar-refractivity contribution is 0.101. The van der Waals surface area contributed by atoms with Crippen LogP contribution in [0.5, 0.6) is 5.75 Å². The van der Waals surface area contributed by atoms with Crippen LogP contribution in [-0.4, -0.2) is 18.2 Å². The fourth-order valence-corrected chi connectivity index (χ4v) is 1.47. The Balaban J connectivity index is 2.23. The molecule has 0 aliphatic carbocycles. The Morgan fingerprint density at radius 3 is 2.94 bits per heavy atom. The first kappa shape index (κ1) is 11.5. The molecule has 6 heteroatoms. The van der Waals surface area contributed by atoms with Crippen molar-refractivity contribution in [3.63, 3.8) is 0 Å². The van der Waals surface area contributed by atoms with Gasteiger partial charge in [-0.05, 0) is 18.2 Å². The van der Waals surface area contributed by atoms with Crippen molar-refractivity contribution in [1.29, 1.82) is 0 Å². The molecule has 0 bridgehead atoms. The molecule has 0 aliphatic heterocycles. The fourth-order valence-electron chi connectivity index (χ4n) is 1.29. The maximum atomic E-state index is 11.7. The molecule has 0 aliphatic rings. The molecule has 0 radical (unpaired) electrons. The zero-order valence-corrected chi connectivity index (χ0v) is 9.69. The van der Waals surface area contributed by atoms with E-state index >= 15 is 0 Å². The van der Waals surface area contributed by atoms with Crippen LogP contribution in [0.15, 0.2) is 35.1 Å². The van der Waals surface area contributed by atoms with Gasteiger partial charge < -0.3 is 14.6 Å². The van der Waals surface area contributed by atoms with Gasteiger partial charge in [0, 0.05) is 11.1 Å². The molecule has 0 unspecified atom stereocenters. The van der Waals surface area contributed by atoms with Crippen LogP contribution in [0.3, 0.4) is 0 Å². The zero-order valence-electron chi connectivity index (χ0n) is 8.94. The lowest BCUT2D eigenvalue weighted by Crippen LogP contribution is -2.12. The predicted molar refractivity (Wildman–Crippen MR) is 62.5 cm³/mol. The standard InChI is InChI=1S/C11H9ClN2O3/c1-16-10-3-2-7(12)6-9(10)13-11(15)8-4-5-17-14-8/h2-6H,1H3,(H,13,15). The quantitative estimate of drug-likeness (QED) is 0.912. The number of anilines is 1. The number of rotatable bonds is 3. The molecule has 5 nitrogen and oxygen atoms in total. The predicted octanol–water partition coefficient (Wildman–Crippen LogP) is 2.59. The third-order valence-electron chi connectivity index (χ3n) is 2.08. The molecular weight excluding hydrogens is 244 g/mol. The maximum Gasteiger partial charge on any atom is 0.277 e. The zero-order chi connectivity index (χ0) is 12.3. The molecular formula is C11H9ClN2O3. The number of benzene rings is 1. The number of amides is 1. The van der Waals surface area contributed by atoms with Gasteiger partial charge >= 0.3 is 0 Å². The van der Waals surface area contributed by atoms with Gasteiger partial charge in [-0.25, -0.2) is 0 Å². The summed E-state index contributed by atoms with van der Waals surface area (Å²) in [6.45, 7) is 0. The van der Waals surface area contributed by atoms with Gasteiger partial charge in [0.2, 0.25) is 0 Å². The largest absolute Gasteiger partial charge is 0.495 e. The van der Waals surface area contributed by atoms with Crippen LogP contribution in [0.4, 0.5) is 5.69 Å². The normalized spacial score (nSPS) is 10.0. The number of hydrogen-bond acceptors (Lipinski definition) is 4. The molecule has 0 saturated carbocycles. The average molecular weight is 253 g/mol. The van der Waals surface area contributed by atoms with Crippen LogP contribution < -0.4 is 10.1 Å². The lowest BCUT2D eigenvalue weighted by atomic mass is 10.2. The van der Waals surface area contributed by atoms with Gasteiger partial charge in [-0.15, -0.1) is 0 Å². The second-order valence-electron chi connectivity index (χ2n) is 3.18. The second kappa shape index (κ2) is 4.88. The first-order valence-electron chi connectivity index (χ1n) is 4.76. The van der Waals surface area contributed by atoms with E-state index in [0.29, 0.717) is 16.5 Å². The van der Waals surface area contributed by atoms with E-state index in [0.717, 1.165) is 0 Å². The van der Waals surface area contributed by atoms with E-state index in [1.807, 2.05) is 0 Å². The fraction of sp³-hybridized carbons (Fsp3) is 0.0909. The SMILES string of the molecule is COc1ccc(Cl)cc1NC(=O)c1ccon1. The smallest absolute Gasteiger partial charge is 0.277 e. The molecule has 17 heavy (non-hydrogen) atoms. The van der Waals surface area contributed by atoms with Crippen molar-refractivity contribution in [2.45, 2.75) is 0 Å². The van der Waals surface area contributed by atoms with E-state index in [2.05, 4.69) is 15.0 Å². The summed E-state index contributed by atoms with van der Waals surface area (Å²) >= 11 is 5.84. The average Bonchev–Trinajstić information content (AvgIpc) is 2.83. The van der Waals surface area contributed by atoms with Gasteiger partial charge in [-0.1, -0.05) is 16.8 Å². The number of hydrogen-bond donors (Lipinski definition) is 1.